The van der Waals surface area contributed by atoms with Gasteiger partial charge >= 0.3 is 0 Å². The van der Waals surface area contributed by atoms with Gasteiger partial charge in [0.2, 0.25) is 5.91 Å². The Labute approximate surface area is 161 Å². The van der Waals surface area contributed by atoms with Crippen molar-refractivity contribution in [3.05, 3.63) is 67.1 Å². The molecule has 27 heavy (non-hydrogen) atoms. The number of fused-ring (bicyclic) bond motifs is 1. The van der Waals surface area contributed by atoms with Gasteiger partial charge in [0.05, 0.1) is 0 Å². The average Bonchev–Trinajstić information content (AvgIpc) is 3.28. The summed E-state index contributed by atoms with van der Waals surface area (Å²) in [6.07, 6.45) is 4.12. The first kappa shape index (κ1) is 17.4. The molecule has 0 fully saturated rings. The Balaban J connectivity index is 1.33. The summed E-state index contributed by atoms with van der Waals surface area (Å²) in [7, 11) is 1.91. The number of aromatic nitrogens is 4. The van der Waals surface area contributed by atoms with Gasteiger partial charge in [-0.3, -0.25) is 4.79 Å². The summed E-state index contributed by atoms with van der Waals surface area (Å²) in [5.41, 5.74) is 1.94. The van der Waals surface area contributed by atoms with Crippen molar-refractivity contribution < 1.29 is 4.79 Å². The predicted octanol–water partition coefficient (Wildman–Crippen LogP) is 3.95. The number of hydrogen-bond acceptors (Lipinski definition) is 4. The maximum Gasteiger partial charge on any atom is 0.226 e. The van der Waals surface area contributed by atoms with E-state index in [0.29, 0.717) is 13.0 Å². The molecule has 0 aliphatic heterocycles. The molecule has 2 heterocycles. The first-order valence-electron chi connectivity index (χ1n) is 8.65. The number of anilines is 1. The number of aryl methyl sites for hydroxylation is 2. The molecule has 0 aliphatic carbocycles. The molecule has 0 atom stereocenters. The van der Waals surface area contributed by atoms with Gasteiger partial charge in [0, 0.05) is 42.3 Å². The number of nitrogens with zero attached hydrogens (tertiary/aromatic N) is 4. The molecule has 1 amide bonds. The van der Waals surface area contributed by atoms with Gasteiger partial charge in [0.15, 0.2) is 5.16 Å². The van der Waals surface area contributed by atoms with E-state index in [0.717, 1.165) is 21.3 Å². The lowest BCUT2D eigenvalue weighted by Crippen LogP contribution is -2.14. The van der Waals surface area contributed by atoms with Crippen LogP contribution in [0.25, 0.3) is 10.9 Å². The Bertz CT molecular complexity index is 1070. The van der Waals surface area contributed by atoms with Gasteiger partial charge in [-0.25, -0.2) is 0 Å². The van der Waals surface area contributed by atoms with Crippen molar-refractivity contribution in [1.82, 2.24) is 19.3 Å². The van der Waals surface area contributed by atoms with Gasteiger partial charge in [0.1, 0.15) is 6.33 Å². The zero-order chi connectivity index (χ0) is 18.6. The molecule has 0 aliphatic rings. The number of para-hydroxylation sites is 1. The van der Waals surface area contributed by atoms with Crippen LogP contribution in [0.2, 0.25) is 0 Å². The molecule has 4 rings (SSSR count). The van der Waals surface area contributed by atoms with Crippen LogP contribution >= 0.6 is 11.8 Å². The van der Waals surface area contributed by atoms with Gasteiger partial charge in [-0.15, -0.1) is 10.2 Å². The monoisotopic (exact) mass is 377 g/mol. The van der Waals surface area contributed by atoms with Crippen molar-refractivity contribution in [2.24, 2.45) is 7.05 Å². The topological polar surface area (TPSA) is 64.7 Å². The van der Waals surface area contributed by atoms with Crippen LogP contribution in [0.15, 0.2) is 77.2 Å². The van der Waals surface area contributed by atoms with Gasteiger partial charge in [-0.1, -0.05) is 18.2 Å². The van der Waals surface area contributed by atoms with E-state index in [-0.39, 0.29) is 5.91 Å². The molecule has 0 saturated heterocycles. The summed E-state index contributed by atoms with van der Waals surface area (Å²) in [5, 5.41) is 12.9. The second kappa shape index (κ2) is 7.67. The molecule has 0 bridgehead atoms. The summed E-state index contributed by atoms with van der Waals surface area (Å²) in [4.78, 5) is 13.3. The quantitative estimate of drug-likeness (QED) is 0.553. The van der Waals surface area contributed by atoms with Crippen LogP contribution in [0.1, 0.15) is 6.42 Å². The third-order valence-electron chi connectivity index (χ3n) is 4.28. The first-order chi connectivity index (χ1) is 13.2. The molecule has 4 aromatic rings. The fourth-order valence-electron chi connectivity index (χ4n) is 2.86. The third-order valence-corrected chi connectivity index (χ3v) is 5.34. The number of carbonyl (C=O) groups is 1. The Morgan fingerprint density at radius 1 is 1.11 bits per heavy atom. The summed E-state index contributed by atoms with van der Waals surface area (Å²) < 4.78 is 3.97. The molecular weight excluding hydrogens is 358 g/mol. The van der Waals surface area contributed by atoms with Crippen molar-refractivity contribution in [2.45, 2.75) is 23.0 Å². The Hall–Kier alpha value is -3.06. The van der Waals surface area contributed by atoms with Crippen LogP contribution in [0.4, 0.5) is 5.69 Å². The standard InChI is InChI=1S/C20H19N5OS/c1-24-14-21-23-20(24)27-17-8-6-16(7-9-17)22-19(26)11-13-25-12-10-15-4-2-3-5-18(15)25/h2-10,12,14H,11,13H2,1H3,(H,22,26). The predicted molar refractivity (Wildman–Crippen MR) is 107 cm³/mol. The van der Waals surface area contributed by atoms with E-state index in [1.54, 1.807) is 6.33 Å². The molecule has 0 radical (unpaired) electrons. The highest BCUT2D eigenvalue weighted by atomic mass is 32.2. The van der Waals surface area contributed by atoms with E-state index in [4.69, 9.17) is 0 Å². The van der Waals surface area contributed by atoms with Gasteiger partial charge < -0.3 is 14.5 Å². The van der Waals surface area contributed by atoms with Gasteiger partial charge in [-0.2, -0.15) is 0 Å². The van der Waals surface area contributed by atoms with Crippen molar-refractivity contribution in [3.63, 3.8) is 0 Å². The molecule has 7 heteroatoms. The fraction of sp³-hybridized carbons (Fsp3) is 0.150. The van der Waals surface area contributed by atoms with Crippen molar-refractivity contribution >= 4 is 34.3 Å². The molecular formula is C20H19N5OS. The maximum atomic E-state index is 12.3. The van der Waals surface area contributed by atoms with Crippen molar-refractivity contribution in [1.29, 1.82) is 0 Å². The minimum absolute atomic E-state index is 0.00138. The van der Waals surface area contributed by atoms with Crippen LogP contribution in [0.3, 0.4) is 0 Å². The summed E-state index contributed by atoms with van der Waals surface area (Å²) >= 11 is 1.53. The second-order valence-electron chi connectivity index (χ2n) is 6.22. The van der Waals surface area contributed by atoms with Crippen LogP contribution in [-0.2, 0) is 18.4 Å². The number of amides is 1. The van der Waals surface area contributed by atoms with E-state index in [1.165, 1.54) is 17.1 Å². The maximum absolute atomic E-state index is 12.3. The van der Waals surface area contributed by atoms with E-state index < -0.39 is 0 Å². The number of carbonyl (C=O) groups excluding carboxylic acids is 1. The van der Waals surface area contributed by atoms with E-state index in [1.807, 2.05) is 54.2 Å². The number of nitrogens with one attached hydrogen (secondary N) is 1. The number of benzene rings is 2. The Morgan fingerprint density at radius 2 is 1.93 bits per heavy atom. The lowest BCUT2D eigenvalue weighted by Gasteiger charge is -2.08. The molecule has 1 N–H and O–H groups in total. The molecule has 2 aromatic heterocycles. The van der Waals surface area contributed by atoms with Crippen LogP contribution in [0.5, 0.6) is 0 Å². The molecule has 0 saturated carbocycles. The zero-order valence-electron chi connectivity index (χ0n) is 14.9. The van der Waals surface area contributed by atoms with Gasteiger partial charge in [0.25, 0.3) is 0 Å². The zero-order valence-corrected chi connectivity index (χ0v) is 15.7. The van der Waals surface area contributed by atoms with Crippen LogP contribution in [-0.4, -0.2) is 25.2 Å². The van der Waals surface area contributed by atoms with Crippen LogP contribution < -0.4 is 5.32 Å². The Morgan fingerprint density at radius 3 is 2.70 bits per heavy atom. The van der Waals surface area contributed by atoms with Crippen molar-refractivity contribution in [2.75, 3.05) is 5.32 Å². The smallest absolute Gasteiger partial charge is 0.226 e. The minimum atomic E-state index is 0.00138. The summed E-state index contributed by atoms with van der Waals surface area (Å²) in [6.45, 7) is 0.652. The first-order valence-corrected chi connectivity index (χ1v) is 9.46. The second-order valence-corrected chi connectivity index (χ2v) is 7.26. The fourth-order valence-corrected chi connectivity index (χ4v) is 3.62. The molecule has 2 aromatic carbocycles. The third kappa shape index (κ3) is 4.03. The van der Waals surface area contributed by atoms with E-state index in [2.05, 4.69) is 38.3 Å². The highest BCUT2D eigenvalue weighted by Gasteiger charge is 2.07. The Kier molecular flexibility index (Phi) is 4.93. The number of rotatable bonds is 6. The molecule has 6 nitrogen and oxygen atoms in total. The minimum Gasteiger partial charge on any atom is -0.347 e. The summed E-state index contributed by atoms with van der Waals surface area (Å²) in [5.74, 6) is 0.00138. The average molecular weight is 377 g/mol. The SMILES string of the molecule is Cn1cnnc1Sc1ccc(NC(=O)CCn2ccc3ccccc32)cc1. The lowest BCUT2D eigenvalue weighted by atomic mass is 10.2. The molecule has 136 valence electrons. The highest BCUT2D eigenvalue weighted by molar-refractivity contribution is 7.99. The van der Waals surface area contributed by atoms with E-state index in [9.17, 15) is 4.79 Å². The normalized spacial score (nSPS) is 11.0. The molecule has 0 unspecified atom stereocenters. The number of hydrogen-bond donors (Lipinski definition) is 1. The summed E-state index contributed by atoms with van der Waals surface area (Å²) in [6, 6.07) is 18.0. The highest BCUT2D eigenvalue weighted by Crippen LogP contribution is 2.26. The lowest BCUT2D eigenvalue weighted by molar-refractivity contribution is -0.116. The van der Waals surface area contributed by atoms with E-state index >= 15 is 0 Å². The van der Waals surface area contributed by atoms with Crippen LogP contribution in [0, 0.1) is 0 Å². The molecule has 0 spiro atoms. The van der Waals surface area contributed by atoms with Gasteiger partial charge in [-0.05, 0) is 53.5 Å². The van der Waals surface area contributed by atoms with Crippen molar-refractivity contribution in [3.8, 4) is 0 Å². The largest absolute Gasteiger partial charge is 0.347 e.